The fourth-order valence-electron chi connectivity index (χ4n) is 9.12. The van der Waals surface area contributed by atoms with Gasteiger partial charge in [-0.25, -0.2) is 9.18 Å². The maximum atomic E-state index is 16.8. The number of fused-ring (bicyclic) bond motifs is 5. The maximum absolute atomic E-state index is 16.8. The number of piperazine rings is 1. The molecule has 7 heterocycles. The number of anilines is 1. The van der Waals surface area contributed by atoms with Crippen molar-refractivity contribution >= 4 is 45.2 Å². The van der Waals surface area contributed by atoms with E-state index in [4.69, 9.17) is 31.0 Å². The Labute approximate surface area is 289 Å². The van der Waals surface area contributed by atoms with Gasteiger partial charge in [0.15, 0.2) is 5.82 Å². The average molecular weight is 686 g/mol. The van der Waals surface area contributed by atoms with Crippen LogP contribution < -0.4 is 15.0 Å². The molecule has 0 saturated carbocycles. The number of nitrogens with zero attached hydrogens (tertiary/aromatic N) is 6. The second kappa shape index (κ2) is 12.5. The molecule has 5 saturated heterocycles. The molecule has 256 valence electrons. The molecule has 5 aliphatic rings. The fourth-order valence-corrected chi connectivity index (χ4v) is 9.41. The van der Waals surface area contributed by atoms with Crippen molar-refractivity contribution in [1.29, 1.82) is 0 Å². The lowest BCUT2D eigenvalue weighted by molar-refractivity contribution is 0.0463. The minimum absolute atomic E-state index is 0.153. The summed E-state index contributed by atoms with van der Waals surface area (Å²) >= 11 is 6.65. The first-order valence-corrected chi connectivity index (χ1v) is 18.2. The first-order chi connectivity index (χ1) is 24.0. The molecule has 0 spiro atoms. The zero-order valence-corrected chi connectivity index (χ0v) is 28.3. The third-order valence-electron chi connectivity index (χ3n) is 11.5. The summed E-state index contributed by atoms with van der Waals surface area (Å²) in [5.41, 5.74) is 0.816. The Balaban J connectivity index is 1.04. The number of likely N-dealkylation sites (tertiary alicyclic amines) is 1. The SMILES string of the molecule is O=C(OC[C@H]1CC[C@@]2(COc3nc(N4CC5CCC(C4)N5)c4cnc(-c5cccc6cccc(Cl)c56)c(F)c4n3)CCCN12)N1CCCC1. The Hall–Kier alpha value is -3.80. The molecule has 5 fully saturated rings. The normalized spacial score (nSPS) is 26.6. The van der Waals surface area contributed by atoms with E-state index in [-0.39, 0.29) is 34.9 Å². The zero-order chi connectivity index (χ0) is 33.1. The average Bonchev–Trinajstić information content (AvgIpc) is 3.92. The van der Waals surface area contributed by atoms with Crippen LogP contribution in [-0.2, 0) is 4.74 Å². The number of halogens is 2. The van der Waals surface area contributed by atoms with Crippen LogP contribution in [0.1, 0.15) is 51.4 Å². The van der Waals surface area contributed by atoms with Crippen molar-refractivity contribution in [3.63, 3.8) is 0 Å². The Morgan fingerprint density at radius 3 is 2.61 bits per heavy atom. The molecule has 0 aliphatic carbocycles. The van der Waals surface area contributed by atoms with Crippen LogP contribution in [0.4, 0.5) is 15.0 Å². The Morgan fingerprint density at radius 1 is 1.00 bits per heavy atom. The molecule has 4 aromatic rings. The summed E-state index contributed by atoms with van der Waals surface area (Å²) in [6, 6.07) is 12.4. The highest BCUT2D eigenvalue weighted by molar-refractivity contribution is 6.36. The zero-order valence-electron chi connectivity index (χ0n) is 27.5. The fraction of sp³-hybridized carbons (Fsp3) is 0.514. The van der Waals surface area contributed by atoms with Crippen LogP contribution in [0.5, 0.6) is 6.01 Å². The van der Waals surface area contributed by atoms with Crippen LogP contribution in [0.2, 0.25) is 5.02 Å². The van der Waals surface area contributed by atoms with Gasteiger partial charge in [0.25, 0.3) is 0 Å². The van der Waals surface area contributed by atoms with Gasteiger partial charge < -0.3 is 24.6 Å². The Bertz CT molecular complexity index is 1910. The van der Waals surface area contributed by atoms with Gasteiger partial charge in [-0.15, -0.1) is 0 Å². The molecule has 2 unspecified atom stereocenters. The van der Waals surface area contributed by atoms with E-state index < -0.39 is 5.82 Å². The van der Waals surface area contributed by atoms with Crippen LogP contribution >= 0.6 is 11.6 Å². The number of hydrogen-bond donors (Lipinski definition) is 1. The summed E-state index contributed by atoms with van der Waals surface area (Å²) in [5, 5.41) is 6.46. The van der Waals surface area contributed by atoms with Gasteiger partial charge >= 0.3 is 12.1 Å². The standard InChI is InChI=1S/C37H41ClFN7O3/c38-29-9-4-7-23-6-3-8-27(30(23)29)32-31(39)33-28(18-40-32)34(45-19-24-10-11-25(20-45)41-24)43-35(42-33)49-22-37-13-5-17-46(37)26(12-14-37)21-48-36(47)44-15-1-2-16-44/h3-4,6-9,18,24-26,41H,1-2,5,10-17,19-22H2/t24?,25?,26-,37-/m1/s1. The molecule has 2 aromatic carbocycles. The van der Waals surface area contributed by atoms with Crippen molar-refractivity contribution in [1.82, 2.24) is 30.1 Å². The third-order valence-corrected chi connectivity index (χ3v) is 11.9. The molecule has 4 atom stereocenters. The van der Waals surface area contributed by atoms with Crippen LogP contribution in [-0.4, -0.2) is 100 Å². The summed E-state index contributed by atoms with van der Waals surface area (Å²) in [5.74, 6) is 0.143. The summed E-state index contributed by atoms with van der Waals surface area (Å²) in [4.78, 5) is 33.5. The van der Waals surface area contributed by atoms with Gasteiger partial charge in [-0.2, -0.15) is 9.97 Å². The molecule has 49 heavy (non-hydrogen) atoms. The molecule has 0 radical (unpaired) electrons. The monoisotopic (exact) mass is 685 g/mol. The van der Waals surface area contributed by atoms with Gasteiger partial charge in [0, 0.05) is 66.5 Å². The predicted molar refractivity (Wildman–Crippen MR) is 187 cm³/mol. The summed E-state index contributed by atoms with van der Waals surface area (Å²) in [6.45, 7) is 4.82. The van der Waals surface area contributed by atoms with E-state index in [0.29, 0.717) is 47.1 Å². The van der Waals surface area contributed by atoms with Crippen LogP contribution in [0.25, 0.3) is 32.9 Å². The van der Waals surface area contributed by atoms with E-state index >= 15 is 4.39 Å². The van der Waals surface area contributed by atoms with Crippen molar-refractivity contribution < 1.29 is 18.7 Å². The smallest absolute Gasteiger partial charge is 0.409 e. The van der Waals surface area contributed by atoms with E-state index in [0.717, 1.165) is 94.9 Å². The lowest BCUT2D eigenvalue weighted by Gasteiger charge is -2.35. The number of hydrogen-bond acceptors (Lipinski definition) is 9. The van der Waals surface area contributed by atoms with Gasteiger partial charge in [-0.05, 0) is 69.4 Å². The van der Waals surface area contributed by atoms with Crippen LogP contribution in [0.15, 0.2) is 42.6 Å². The van der Waals surface area contributed by atoms with E-state index in [1.165, 1.54) is 0 Å². The van der Waals surface area contributed by atoms with Crippen molar-refractivity contribution in [3.05, 3.63) is 53.4 Å². The topological polar surface area (TPSA) is 96.0 Å². The largest absolute Gasteiger partial charge is 0.461 e. The molecular weight excluding hydrogens is 645 g/mol. The first-order valence-electron chi connectivity index (χ1n) is 17.8. The van der Waals surface area contributed by atoms with E-state index in [9.17, 15) is 4.79 Å². The number of rotatable bonds is 7. The van der Waals surface area contributed by atoms with Gasteiger partial charge in [0.2, 0.25) is 0 Å². The first kappa shape index (κ1) is 31.2. The molecule has 2 bridgehead atoms. The molecule has 2 aromatic heterocycles. The van der Waals surface area contributed by atoms with Crippen LogP contribution in [0, 0.1) is 5.82 Å². The highest BCUT2D eigenvalue weighted by atomic mass is 35.5. The maximum Gasteiger partial charge on any atom is 0.409 e. The Kier molecular flexibility index (Phi) is 7.97. The van der Waals surface area contributed by atoms with Crippen molar-refractivity contribution in [2.45, 2.75) is 75.0 Å². The number of nitrogens with one attached hydrogen (secondary N) is 1. The van der Waals surface area contributed by atoms with Crippen LogP contribution in [0.3, 0.4) is 0 Å². The van der Waals surface area contributed by atoms with Crippen molar-refractivity contribution in [2.75, 3.05) is 50.8 Å². The quantitative estimate of drug-likeness (QED) is 0.245. The number of carbonyl (C=O) groups excluding carboxylic acids is 1. The molecule has 12 heteroatoms. The lowest BCUT2D eigenvalue weighted by Crippen LogP contribution is -2.51. The molecule has 5 aliphatic heterocycles. The molecule has 10 nitrogen and oxygen atoms in total. The molecule has 1 amide bonds. The van der Waals surface area contributed by atoms with Gasteiger partial charge in [-0.1, -0.05) is 41.9 Å². The summed E-state index contributed by atoms with van der Waals surface area (Å²) in [6.07, 6.45) is 9.70. The van der Waals surface area contributed by atoms with E-state index in [1.807, 2.05) is 41.3 Å². The highest BCUT2D eigenvalue weighted by Gasteiger charge is 2.50. The second-order valence-electron chi connectivity index (χ2n) is 14.5. The number of carbonyl (C=O) groups is 1. The highest BCUT2D eigenvalue weighted by Crippen LogP contribution is 2.43. The lowest BCUT2D eigenvalue weighted by atomic mass is 9.95. The molecular formula is C37H41ClFN7O3. The summed E-state index contributed by atoms with van der Waals surface area (Å²) in [7, 11) is 0. The second-order valence-corrected chi connectivity index (χ2v) is 14.9. The van der Waals surface area contributed by atoms with Gasteiger partial charge in [0.1, 0.15) is 30.2 Å². The van der Waals surface area contributed by atoms with Crippen molar-refractivity contribution in [2.24, 2.45) is 0 Å². The van der Waals surface area contributed by atoms with Crippen molar-refractivity contribution in [3.8, 4) is 17.3 Å². The van der Waals surface area contributed by atoms with Gasteiger partial charge in [0.05, 0.1) is 10.9 Å². The number of aromatic nitrogens is 3. The third kappa shape index (κ3) is 5.54. The minimum atomic E-state index is -0.516. The predicted octanol–water partition coefficient (Wildman–Crippen LogP) is 6.19. The molecule has 1 N–H and O–H groups in total. The number of benzene rings is 2. The Morgan fingerprint density at radius 2 is 1.80 bits per heavy atom. The summed E-state index contributed by atoms with van der Waals surface area (Å²) < 4.78 is 29.1. The number of amides is 1. The number of pyridine rings is 1. The van der Waals surface area contributed by atoms with E-state index in [2.05, 4.69) is 20.1 Å². The minimum Gasteiger partial charge on any atom is -0.461 e. The van der Waals surface area contributed by atoms with E-state index in [1.54, 1.807) is 6.20 Å². The molecule has 9 rings (SSSR count). The number of ether oxygens (including phenoxy) is 2. The van der Waals surface area contributed by atoms with Gasteiger partial charge in [-0.3, -0.25) is 9.88 Å².